The lowest BCUT2D eigenvalue weighted by atomic mass is 9.85. The van der Waals surface area contributed by atoms with Crippen LogP contribution in [0.5, 0.6) is 0 Å². The van der Waals surface area contributed by atoms with Crippen LogP contribution in [-0.2, 0) is 9.63 Å². The Kier molecular flexibility index (Phi) is 3.09. The van der Waals surface area contributed by atoms with E-state index >= 15 is 0 Å². The zero-order chi connectivity index (χ0) is 9.90. The highest BCUT2D eigenvalue weighted by Crippen LogP contribution is 2.37. The Balaban J connectivity index is 2.56. The van der Waals surface area contributed by atoms with Crippen molar-refractivity contribution in [1.82, 2.24) is 5.48 Å². The number of allylic oxidation sites excluding steroid dienone is 1. The number of amides is 1. The fraction of sp³-hybridized carbons (Fsp3) is 0.700. The van der Waals surface area contributed by atoms with Crippen molar-refractivity contribution in [3.63, 3.8) is 0 Å². The quantitative estimate of drug-likeness (QED) is 0.677. The van der Waals surface area contributed by atoms with Crippen molar-refractivity contribution in [2.24, 2.45) is 5.41 Å². The molecule has 1 aliphatic rings. The molecule has 74 valence electrons. The minimum Gasteiger partial charge on any atom is -0.274 e. The molecule has 0 aromatic carbocycles. The number of nitrogens with one attached hydrogen (secondary N) is 1. The molecule has 0 aliphatic heterocycles. The van der Waals surface area contributed by atoms with Crippen LogP contribution < -0.4 is 5.48 Å². The molecule has 0 fully saturated rings. The largest absolute Gasteiger partial charge is 0.274 e. The first kappa shape index (κ1) is 10.3. The van der Waals surface area contributed by atoms with Crippen LogP contribution in [0.1, 0.15) is 33.6 Å². The van der Waals surface area contributed by atoms with Crippen LogP contribution in [0.3, 0.4) is 0 Å². The maximum Gasteiger partial charge on any atom is 0.270 e. The van der Waals surface area contributed by atoms with E-state index in [9.17, 15) is 4.79 Å². The fourth-order valence-electron chi connectivity index (χ4n) is 1.58. The first-order valence-corrected chi connectivity index (χ1v) is 4.70. The molecule has 0 saturated carbocycles. The Morgan fingerprint density at radius 3 is 2.85 bits per heavy atom. The summed E-state index contributed by atoms with van der Waals surface area (Å²) in [6.07, 6.45) is 4.03. The SMILES string of the molecule is CCONC(=O)C1=CCCC1(C)C. The van der Waals surface area contributed by atoms with Gasteiger partial charge in [0.05, 0.1) is 6.61 Å². The lowest BCUT2D eigenvalue weighted by Crippen LogP contribution is -2.30. The molecule has 3 nitrogen and oxygen atoms in total. The normalized spacial score (nSPS) is 19.8. The predicted octanol–water partition coefficient (Wildman–Crippen LogP) is 1.80. The lowest BCUT2D eigenvalue weighted by Gasteiger charge is -2.21. The molecule has 0 heterocycles. The highest BCUT2D eigenvalue weighted by Gasteiger charge is 2.31. The molecule has 13 heavy (non-hydrogen) atoms. The van der Waals surface area contributed by atoms with E-state index in [-0.39, 0.29) is 11.3 Å². The van der Waals surface area contributed by atoms with Gasteiger partial charge in [0.15, 0.2) is 0 Å². The highest BCUT2D eigenvalue weighted by molar-refractivity contribution is 5.94. The van der Waals surface area contributed by atoms with Crippen LogP contribution in [0, 0.1) is 5.41 Å². The molecule has 0 saturated heterocycles. The van der Waals surface area contributed by atoms with Gasteiger partial charge in [0.1, 0.15) is 0 Å². The maximum atomic E-state index is 11.5. The van der Waals surface area contributed by atoms with Crippen LogP contribution >= 0.6 is 0 Å². The van der Waals surface area contributed by atoms with E-state index in [0.29, 0.717) is 6.61 Å². The number of hydroxylamine groups is 1. The van der Waals surface area contributed by atoms with Crippen LogP contribution in [0.2, 0.25) is 0 Å². The van der Waals surface area contributed by atoms with Crippen LogP contribution in [0.25, 0.3) is 0 Å². The average Bonchev–Trinajstić information content (AvgIpc) is 2.41. The highest BCUT2D eigenvalue weighted by atomic mass is 16.6. The number of hydrogen-bond acceptors (Lipinski definition) is 2. The van der Waals surface area contributed by atoms with Gasteiger partial charge in [-0.1, -0.05) is 19.9 Å². The second-order valence-corrected chi connectivity index (χ2v) is 3.90. The van der Waals surface area contributed by atoms with Gasteiger partial charge < -0.3 is 0 Å². The molecule has 1 N–H and O–H groups in total. The summed E-state index contributed by atoms with van der Waals surface area (Å²) >= 11 is 0. The first-order chi connectivity index (χ1) is 6.08. The van der Waals surface area contributed by atoms with Gasteiger partial charge in [-0.15, -0.1) is 0 Å². The van der Waals surface area contributed by atoms with Crippen LogP contribution in [0.4, 0.5) is 0 Å². The van der Waals surface area contributed by atoms with Gasteiger partial charge in [-0.25, -0.2) is 5.48 Å². The van der Waals surface area contributed by atoms with E-state index in [1.54, 1.807) is 0 Å². The zero-order valence-electron chi connectivity index (χ0n) is 8.52. The molecule has 0 spiro atoms. The summed E-state index contributed by atoms with van der Waals surface area (Å²) in [5, 5.41) is 0. The summed E-state index contributed by atoms with van der Waals surface area (Å²) in [6.45, 7) is 6.50. The number of rotatable bonds is 3. The van der Waals surface area contributed by atoms with Crippen molar-refractivity contribution in [1.29, 1.82) is 0 Å². The van der Waals surface area contributed by atoms with Gasteiger partial charge >= 0.3 is 0 Å². The molecule has 0 aromatic rings. The Bertz CT molecular complexity index is 231. The predicted molar refractivity (Wildman–Crippen MR) is 50.9 cm³/mol. The van der Waals surface area contributed by atoms with E-state index in [1.807, 2.05) is 13.0 Å². The number of hydrogen-bond donors (Lipinski definition) is 1. The maximum absolute atomic E-state index is 11.5. The Hall–Kier alpha value is -0.830. The summed E-state index contributed by atoms with van der Waals surface area (Å²) in [5.74, 6) is -0.0932. The fourth-order valence-corrected chi connectivity index (χ4v) is 1.58. The molecule has 0 radical (unpaired) electrons. The molecule has 0 atom stereocenters. The standard InChI is InChI=1S/C10H17NO2/c1-4-13-11-9(12)8-6-5-7-10(8,2)3/h6H,4-5,7H2,1-3H3,(H,11,12). The van der Waals surface area contributed by atoms with Gasteiger partial charge in [0.25, 0.3) is 5.91 Å². The summed E-state index contributed by atoms with van der Waals surface area (Å²) in [4.78, 5) is 16.4. The monoisotopic (exact) mass is 183 g/mol. The van der Waals surface area contributed by atoms with Crippen LogP contribution in [-0.4, -0.2) is 12.5 Å². The minimum absolute atomic E-state index is 0.00118. The molecule has 1 amide bonds. The summed E-state index contributed by atoms with van der Waals surface area (Å²) in [7, 11) is 0. The summed E-state index contributed by atoms with van der Waals surface area (Å²) in [6, 6.07) is 0. The van der Waals surface area contributed by atoms with Gasteiger partial charge in [0.2, 0.25) is 0 Å². The Labute approximate surface area is 79.1 Å². The van der Waals surface area contributed by atoms with E-state index < -0.39 is 0 Å². The van der Waals surface area contributed by atoms with E-state index in [2.05, 4.69) is 19.3 Å². The van der Waals surface area contributed by atoms with Crippen LogP contribution in [0.15, 0.2) is 11.6 Å². The van der Waals surface area contributed by atoms with E-state index in [0.717, 1.165) is 18.4 Å². The third kappa shape index (κ3) is 2.31. The molecular formula is C10H17NO2. The van der Waals surface area contributed by atoms with Gasteiger partial charge in [-0.3, -0.25) is 9.63 Å². The number of carbonyl (C=O) groups excluding carboxylic acids is 1. The smallest absolute Gasteiger partial charge is 0.270 e. The molecular weight excluding hydrogens is 166 g/mol. The molecule has 0 unspecified atom stereocenters. The lowest BCUT2D eigenvalue weighted by molar-refractivity contribution is -0.130. The van der Waals surface area contributed by atoms with Crippen molar-refractivity contribution < 1.29 is 9.63 Å². The van der Waals surface area contributed by atoms with Gasteiger partial charge in [0, 0.05) is 5.57 Å². The molecule has 1 aliphatic carbocycles. The van der Waals surface area contributed by atoms with Gasteiger partial charge in [-0.05, 0) is 25.2 Å². The third-order valence-electron chi connectivity index (χ3n) is 2.40. The van der Waals surface area contributed by atoms with E-state index in [1.165, 1.54) is 0 Å². The average molecular weight is 183 g/mol. The molecule has 3 heteroatoms. The third-order valence-corrected chi connectivity index (χ3v) is 2.40. The molecule has 1 rings (SSSR count). The van der Waals surface area contributed by atoms with Crippen molar-refractivity contribution in [2.45, 2.75) is 33.6 Å². The van der Waals surface area contributed by atoms with E-state index in [4.69, 9.17) is 4.84 Å². The molecule has 0 bridgehead atoms. The minimum atomic E-state index is -0.0932. The zero-order valence-corrected chi connectivity index (χ0v) is 8.52. The summed E-state index contributed by atoms with van der Waals surface area (Å²) < 4.78 is 0. The Morgan fingerprint density at radius 1 is 1.69 bits per heavy atom. The summed E-state index contributed by atoms with van der Waals surface area (Å²) in [5.41, 5.74) is 3.27. The van der Waals surface area contributed by atoms with Crippen molar-refractivity contribution >= 4 is 5.91 Å². The van der Waals surface area contributed by atoms with Crippen molar-refractivity contribution in [2.75, 3.05) is 6.61 Å². The van der Waals surface area contributed by atoms with Crippen molar-refractivity contribution in [3.8, 4) is 0 Å². The van der Waals surface area contributed by atoms with Gasteiger partial charge in [-0.2, -0.15) is 0 Å². The first-order valence-electron chi connectivity index (χ1n) is 4.70. The topological polar surface area (TPSA) is 38.3 Å². The Morgan fingerprint density at radius 2 is 2.38 bits per heavy atom. The van der Waals surface area contributed by atoms with Crippen molar-refractivity contribution in [3.05, 3.63) is 11.6 Å². The second kappa shape index (κ2) is 3.92. The second-order valence-electron chi connectivity index (χ2n) is 3.90. The molecule has 0 aromatic heterocycles. The number of carbonyl (C=O) groups is 1.